The minimum absolute atomic E-state index is 1.10. The molecule has 0 nitrogen and oxygen atoms in total. The standard InChI is InChI=1S/C18H22S/c1-13-5-7-15(3)17(9-13)11-19-12-18-10-14(2)6-8-16(18)4/h5-10H,11-12H2,1-4H3. The molecule has 0 aliphatic carbocycles. The van der Waals surface area contributed by atoms with Crippen molar-refractivity contribution >= 4 is 11.8 Å². The van der Waals surface area contributed by atoms with Crippen LogP contribution in [0.1, 0.15) is 33.4 Å². The zero-order valence-corrected chi connectivity index (χ0v) is 13.1. The first-order chi connectivity index (χ1) is 9.06. The van der Waals surface area contributed by atoms with Gasteiger partial charge in [-0.3, -0.25) is 0 Å². The van der Waals surface area contributed by atoms with E-state index in [1.165, 1.54) is 33.4 Å². The third-order valence-corrected chi connectivity index (χ3v) is 4.55. The predicted octanol–water partition coefficient (Wildman–Crippen LogP) is 5.35. The van der Waals surface area contributed by atoms with Gasteiger partial charge in [0, 0.05) is 11.5 Å². The van der Waals surface area contributed by atoms with Crippen molar-refractivity contribution in [2.75, 3.05) is 0 Å². The number of rotatable bonds is 4. The Bertz CT molecular complexity index is 518. The molecule has 0 bridgehead atoms. The third-order valence-electron chi connectivity index (χ3n) is 3.52. The van der Waals surface area contributed by atoms with E-state index in [1.54, 1.807) is 0 Å². The molecule has 0 amide bonds. The molecule has 0 aromatic heterocycles. The van der Waals surface area contributed by atoms with Crippen LogP contribution < -0.4 is 0 Å². The summed E-state index contributed by atoms with van der Waals surface area (Å²) >= 11 is 2.01. The van der Waals surface area contributed by atoms with Crippen molar-refractivity contribution in [2.45, 2.75) is 39.2 Å². The third kappa shape index (κ3) is 3.87. The molecule has 0 aliphatic rings. The van der Waals surface area contributed by atoms with E-state index >= 15 is 0 Å². The largest absolute Gasteiger partial charge is 0.152 e. The van der Waals surface area contributed by atoms with Gasteiger partial charge in [0.25, 0.3) is 0 Å². The van der Waals surface area contributed by atoms with Crippen molar-refractivity contribution in [2.24, 2.45) is 0 Å². The minimum Gasteiger partial charge on any atom is -0.152 e. The van der Waals surface area contributed by atoms with E-state index in [0.29, 0.717) is 0 Å². The molecule has 0 atom stereocenters. The van der Waals surface area contributed by atoms with Crippen LogP contribution in [0, 0.1) is 27.7 Å². The maximum Gasteiger partial charge on any atom is 0.0190 e. The van der Waals surface area contributed by atoms with Crippen LogP contribution in [0.15, 0.2) is 36.4 Å². The molecule has 0 aliphatic heterocycles. The maximum absolute atomic E-state index is 2.31. The summed E-state index contributed by atoms with van der Waals surface area (Å²) in [5.41, 5.74) is 8.45. The fraction of sp³-hybridized carbons (Fsp3) is 0.333. The Morgan fingerprint density at radius 2 is 1.11 bits per heavy atom. The van der Waals surface area contributed by atoms with Crippen molar-refractivity contribution in [1.29, 1.82) is 0 Å². The molecular formula is C18H22S. The first-order valence-corrected chi connectivity index (χ1v) is 7.92. The highest BCUT2D eigenvalue weighted by Crippen LogP contribution is 2.23. The molecule has 2 aromatic rings. The van der Waals surface area contributed by atoms with Gasteiger partial charge in [0.05, 0.1) is 0 Å². The average Bonchev–Trinajstić information content (AvgIpc) is 2.38. The number of aryl methyl sites for hydroxylation is 4. The summed E-state index contributed by atoms with van der Waals surface area (Å²) in [7, 11) is 0. The quantitative estimate of drug-likeness (QED) is 0.721. The summed E-state index contributed by atoms with van der Waals surface area (Å²) in [6.45, 7) is 8.73. The highest BCUT2D eigenvalue weighted by Gasteiger charge is 2.02. The fourth-order valence-electron chi connectivity index (χ4n) is 2.18. The Kier molecular flexibility index (Phi) is 4.71. The fourth-order valence-corrected chi connectivity index (χ4v) is 3.35. The van der Waals surface area contributed by atoms with Crippen molar-refractivity contribution < 1.29 is 0 Å². The van der Waals surface area contributed by atoms with E-state index in [2.05, 4.69) is 64.1 Å². The monoisotopic (exact) mass is 270 g/mol. The normalized spacial score (nSPS) is 10.7. The van der Waals surface area contributed by atoms with E-state index in [0.717, 1.165) is 11.5 Å². The molecule has 0 spiro atoms. The zero-order valence-electron chi connectivity index (χ0n) is 12.3. The SMILES string of the molecule is Cc1ccc(C)c(CSCc2cc(C)ccc2C)c1. The van der Waals surface area contributed by atoms with Gasteiger partial charge in [-0.2, -0.15) is 11.8 Å². The number of hydrogen-bond donors (Lipinski definition) is 0. The molecule has 0 unspecified atom stereocenters. The van der Waals surface area contributed by atoms with E-state index in [4.69, 9.17) is 0 Å². The second kappa shape index (κ2) is 6.29. The lowest BCUT2D eigenvalue weighted by Gasteiger charge is -2.09. The summed E-state index contributed by atoms with van der Waals surface area (Å²) in [4.78, 5) is 0. The number of thioether (sulfide) groups is 1. The van der Waals surface area contributed by atoms with E-state index in [-0.39, 0.29) is 0 Å². The lowest BCUT2D eigenvalue weighted by atomic mass is 10.1. The van der Waals surface area contributed by atoms with Crippen molar-refractivity contribution in [3.63, 3.8) is 0 Å². The zero-order chi connectivity index (χ0) is 13.8. The van der Waals surface area contributed by atoms with Gasteiger partial charge in [-0.15, -0.1) is 0 Å². The molecule has 19 heavy (non-hydrogen) atoms. The second-order valence-corrected chi connectivity index (χ2v) is 6.34. The van der Waals surface area contributed by atoms with E-state index < -0.39 is 0 Å². The van der Waals surface area contributed by atoms with Gasteiger partial charge in [-0.05, 0) is 49.9 Å². The number of hydrogen-bond acceptors (Lipinski definition) is 1. The Morgan fingerprint density at radius 3 is 1.53 bits per heavy atom. The maximum atomic E-state index is 2.31. The molecule has 0 fully saturated rings. The van der Waals surface area contributed by atoms with Crippen LogP contribution in [0.25, 0.3) is 0 Å². The van der Waals surface area contributed by atoms with Gasteiger partial charge in [0.2, 0.25) is 0 Å². The molecule has 0 N–H and O–H groups in total. The highest BCUT2D eigenvalue weighted by molar-refractivity contribution is 7.97. The van der Waals surface area contributed by atoms with Crippen molar-refractivity contribution in [3.8, 4) is 0 Å². The molecule has 0 saturated carbocycles. The molecule has 2 rings (SSSR count). The Morgan fingerprint density at radius 1 is 0.684 bits per heavy atom. The van der Waals surface area contributed by atoms with E-state index in [9.17, 15) is 0 Å². The Hall–Kier alpha value is -1.21. The summed E-state index contributed by atoms with van der Waals surface area (Å²) in [5.74, 6) is 2.20. The Balaban J connectivity index is 2.00. The average molecular weight is 270 g/mol. The van der Waals surface area contributed by atoms with Crippen LogP contribution in [0.5, 0.6) is 0 Å². The van der Waals surface area contributed by atoms with Crippen LogP contribution in [0.3, 0.4) is 0 Å². The smallest absolute Gasteiger partial charge is 0.0190 e. The van der Waals surface area contributed by atoms with Crippen LogP contribution in [0.4, 0.5) is 0 Å². The van der Waals surface area contributed by atoms with Gasteiger partial charge < -0.3 is 0 Å². The first kappa shape index (κ1) is 14.2. The van der Waals surface area contributed by atoms with Gasteiger partial charge in [0.15, 0.2) is 0 Å². The molecule has 0 radical (unpaired) electrons. The summed E-state index contributed by atoms with van der Waals surface area (Å²) in [6, 6.07) is 13.4. The summed E-state index contributed by atoms with van der Waals surface area (Å²) < 4.78 is 0. The van der Waals surface area contributed by atoms with Crippen LogP contribution in [-0.4, -0.2) is 0 Å². The molecule has 100 valence electrons. The van der Waals surface area contributed by atoms with Crippen LogP contribution >= 0.6 is 11.8 Å². The predicted molar refractivity (Wildman–Crippen MR) is 86.8 cm³/mol. The first-order valence-electron chi connectivity index (χ1n) is 6.76. The molecular weight excluding hydrogens is 248 g/mol. The lowest BCUT2D eigenvalue weighted by molar-refractivity contribution is 1.25. The van der Waals surface area contributed by atoms with Gasteiger partial charge in [-0.25, -0.2) is 0 Å². The second-order valence-electron chi connectivity index (χ2n) is 5.35. The minimum atomic E-state index is 1.10. The van der Waals surface area contributed by atoms with Crippen LogP contribution in [0.2, 0.25) is 0 Å². The van der Waals surface area contributed by atoms with Crippen molar-refractivity contribution in [3.05, 3.63) is 69.8 Å². The van der Waals surface area contributed by atoms with Crippen molar-refractivity contribution in [1.82, 2.24) is 0 Å². The molecule has 2 aromatic carbocycles. The highest BCUT2D eigenvalue weighted by atomic mass is 32.2. The summed E-state index contributed by atoms with van der Waals surface area (Å²) in [5, 5.41) is 0. The molecule has 0 saturated heterocycles. The molecule has 0 heterocycles. The molecule has 1 heteroatoms. The van der Waals surface area contributed by atoms with Crippen LogP contribution in [-0.2, 0) is 11.5 Å². The number of benzene rings is 2. The van der Waals surface area contributed by atoms with Gasteiger partial charge >= 0.3 is 0 Å². The lowest BCUT2D eigenvalue weighted by Crippen LogP contribution is -1.91. The van der Waals surface area contributed by atoms with Gasteiger partial charge in [0.1, 0.15) is 0 Å². The topological polar surface area (TPSA) is 0 Å². The Labute approximate surface area is 121 Å². The van der Waals surface area contributed by atoms with E-state index in [1.807, 2.05) is 11.8 Å². The van der Waals surface area contributed by atoms with Gasteiger partial charge in [-0.1, -0.05) is 47.5 Å². The summed E-state index contributed by atoms with van der Waals surface area (Å²) in [6.07, 6.45) is 0.